The second-order valence-corrected chi connectivity index (χ2v) is 5.98. The number of hydrogen-bond donors (Lipinski definition) is 3. The van der Waals surface area contributed by atoms with Gasteiger partial charge in [-0.2, -0.15) is 0 Å². The van der Waals surface area contributed by atoms with Crippen molar-refractivity contribution >= 4 is 17.2 Å². The van der Waals surface area contributed by atoms with Gasteiger partial charge < -0.3 is 30.4 Å². The Hall–Kier alpha value is -2.29. The fraction of sp³-hybridized carbons (Fsp3) is 0.353. The standard InChI is InChI=1S/C17H22N2O5S/c18-17(21)11-24-15-3-1-14(2-4-15)22-7-6-19-9-13(20)10-23-16-5-8-25-12-16/h1-5,8,12-13,19-20H,6-7,9-11H2,(H2,18,21). The van der Waals surface area contributed by atoms with Crippen LogP contribution in [0.25, 0.3) is 0 Å². The molecular weight excluding hydrogens is 344 g/mol. The van der Waals surface area contributed by atoms with Crippen LogP contribution >= 0.6 is 11.3 Å². The minimum atomic E-state index is -0.582. The number of nitrogens with two attached hydrogens (primary N) is 1. The largest absolute Gasteiger partial charge is 0.492 e. The molecule has 2 rings (SSSR count). The van der Waals surface area contributed by atoms with Gasteiger partial charge in [0.1, 0.15) is 36.6 Å². The third kappa shape index (κ3) is 7.88. The quantitative estimate of drug-likeness (QED) is 0.485. The van der Waals surface area contributed by atoms with Crippen molar-refractivity contribution < 1.29 is 24.1 Å². The zero-order valence-corrected chi connectivity index (χ0v) is 14.5. The van der Waals surface area contributed by atoms with Gasteiger partial charge in [0.05, 0.1) is 0 Å². The van der Waals surface area contributed by atoms with E-state index < -0.39 is 12.0 Å². The van der Waals surface area contributed by atoms with Crippen LogP contribution < -0.4 is 25.3 Å². The summed E-state index contributed by atoms with van der Waals surface area (Å²) in [5.41, 5.74) is 5.01. The SMILES string of the molecule is NC(=O)COc1ccc(OCCNCC(O)COc2ccsc2)cc1. The van der Waals surface area contributed by atoms with Gasteiger partial charge in [0, 0.05) is 18.5 Å². The molecule has 0 fully saturated rings. The lowest BCUT2D eigenvalue weighted by molar-refractivity contribution is -0.119. The van der Waals surface area contributed by atoms with Crippen molar-refractivity contribution in [3.63, 3.8) is 0 Å². The smallest absolute Gasteiger partial charge is 0.255 e. The van der Waals surface area contributed by atoms with E-state index in [2.05, 4.69) is 5.32 Å². The predicted octanol–water partition coefficient (Wildman–Crippen LogP) is 1.02. The second-order valence-electron chi connectivity index (χ2n) is 5.20. The van der Waals surface area contributed by atoms with Crippen LogP contribution in [0.3, 0.4) is 0 Å². The van der Waals surface area contributed by atoms with E-state index in [9.17, 15) is 9.90 Å². The summed E-state index contributed by atoms with van der Waals surface area (Å²) in [6, 6.07) is 8.77. The summed E-state index contributed by atoms with van der Waals surface area (Å²) in [6.07, 6.45) is -0.582. The number of nitrogens with one attached hydrogen (secondary N) is 1. The molecular formula is C17H22N2O5S. The van der Waals surface area contributed by atoms with Crippen LogP contribution in [-0.4, -0.2) is 50.0 Å². The van der Waals surface area contributed by atoms with Gasteiger partial charge in [0.2, 0.25) is 0 Å². The molecule has 0 aliphatic carbocycles. The first-order valence-corrected chi connectivity index (χ1v) is 8.75. The van der Waals surface area contributed by atoms with Gasteiger partial charge in [-0.15, -0.1) is 11.3 Å². The number of thiophene rings is 1. The van der Waals surface area contributed by atoms with E-state index in [4.69, 9.17) is 19.9 Å². The van der Waals surface area contributed by atoms with Gasteiger partial charge in [-0.05, 0) is 35.7 Å². The molecule has 7 nitrogen and oxygen atoms in total. The molecule has 0 saturated heterocycles. The molecule has 1 aromatic carbocycles. The fourth-order valence-electron chi connectivity index (χ4n) is 1.88. The van der Waals surface area contributed by atoms with E-state index in [1.807, 2.05) is 16.8 Å². The molecule has 0 aliphatic rings. The Labute approximate surface area is 150 Å². The molecule has 0 bridgehead atoms. The number of primary amides is 1. The molecule has 136 valence electrons. The zero-order chi connectivity index (χ0) is 17.9. The number of aliphatic hydroxyl groups is 1. The number of carbonyl (C=O) groups excluding carboxylic acids is 1. The van der Waals surface area contributed by atoms with E-state index in [1.165, 1.54) is 0 Å². The second kappa shape index (κ2) is 10.5. The van der Waals surface area contributed by atoms with Crippen LogP contribution in [0.4, 0.5) is 0 Å². The first-order chi connectivity index (χ1) is 12.1. The Balaban J connectivity index is 1.54. The monoisotopic (exact) mass is 366 g/mol. The third-order valence-corrected chi connectivity index (χ3v) is 3.73. The number of benzene rings is 1. The number of rotatable bonds is 12. The lowest BCUT2D eigenvalue weighted by atomic mass is 10.3. The van der Waals surface area contributed by atoms with Gasteiger partial charge in [0.25, 0.3) is 5.91 Å². The highest BCUT2D eigenvalue weighted by Gasteiger charge is 2.05. The van der Waals surface area contributed by atoms with Crippen LogP contribution in [-0.2, 0) is 4.79 Å². The first kappa shape index (κ1) is 19.0. The highest BCUT2D eigenvalue weighted by atomic mass is 32.1. The molecule has 2 aromatic rings. The van der Waals surface area contributed by atoms with Crippen molar-refractivity contribution in [2.24, 2.45) is 5.73 Å². The van der Waals surface area contributed by atoms with Crippen LogP contribution in [0.15, 0.2) is 41.1 Å². The third-order valence-electron chi connectivity index (χ3n) is 3.07. The van der Waals surface area contributed by atoms with E-state index >= 15 is 0 Å². The van der Waals surface area contributed by atoms with Crippen molar-refractivity contribution in [1.82, 2.24) is 5.32 Å². The van der Waals surface area contributed by atoms with Crippen LogP contribution in [0.1, 0.15) is 0 Å². The summed E-state index contributed by atoms with van der Waals surface area (Å²) in [7, 11) is 0. The summed E-state index contributed by atoms with van der Waals surface area (Å²) >= 11 is 1.55. The Kier molecular flexibility index (Phi) is 8.03. The van der Waals surface area contributed by atoms with E-state index in [0.29, 0.717) is 31.2 Å². The Morgan fingerprint density at radius 2 is 1.84 bits per heavy atom. The Morgan fingerprint density at radius 3 is 2.48 bits per heavy atom. The van der Waals surface area contributed by atoms with Crippen molar-refractivity contribution in [3.05, 3.63) is 41.1 Å². The van der Waals surface area contributed by atoms with Crippen LogP contribution in [0, 0.1) is 0 Å². The summed E-state index contributed by atoms with van der Waals surface area (Å²) in [5.74, 6) is 1.50. The van der Waals surface area contributed by atoms with Gasteiger partial charge in [0.15, 0.2) is 6.61 Å². The minimum absolute atomic E-state index is 0.150. The molecule has 1 amide bonds. The van der Waals surface area contributed by atoms with Gasteiger partial charge >= 0.3 is 0 Å². The van der Waals surface area contributed by atoms with Crippen molar-refractivity contribution in [1.29, 1.82) is 0 Å². The van der Waals surface area contributed by atoms with Crippen LogP contribution in [0.2, 0.25) is 0 Å². The molecule has 0 aliphatic heterocycles. The lowest BCUT2D eigenvalue weighted by Crippen LogP contribution is -2.33. The molecule has 8 heteroatoms. The van der Waals surface area contributed by atoms with Crippen molar-refractivity contribution in [2.45, 2.75) is 6.10 Å². The molecule has 1 unspecified atom stereocenters. The van der Waals surface area contributed by atoms with Crippen LogP contribution in [0.5, 0.6) is 17.2 Å². The van der Waals surface area contributed by atoms with E-state index in [1.54, 1.807) is 35.6 Å². The van der Waals surface area contributed by atoms with Gasteiger partial charge in [-0.3, -0.25) is 4.79 Å². The number of aliphatic hydroxyl groups excluding tert-OH is 1. The maximum absolute atomic E-state index is 10.6. The summed E-state index contributed by atoms with van der Waals surface area (Å²) in [4.78, 5) is 10.6. The van der Waals surface area contributed by atoms with Gasteiger partial charge in [-0.1, -0.05) is 0 Å². The Bertz CT molecular complexity index is 618. The number of amides is 1. The molecule has 0 radical (unpaired) electrons. The van der Waals surface area contributed by atoms with E-state index in [-0.39, 0.29) is 13.2 Å². The summed E-state index contributed by atoms with van der Waals surface area (Å²) in [5, 5.41) is 16.7. The average molecular weight is 366 g/mol. The van der Waals surface area contributed by atoms with Crippen molar-refractivity contribution in [3.8, 4) is 17.2 Å². The highest BCUT2D eigenvalue weighted by Crippen LogP contribution is 2.17. The summed E-state index contributed by atoms with van der Waals surface area (Å²) < 4.78 is 16.2. The number of ether oxygens (including phenoxy) is 3. The first-order valence-electron chi connectivity index (χ1n) is 7.81. The highest BCUT2D eigenvalue weighted by molar-refractivity contribution is 7.08. The maximum Gasteiger partial charge on any atom is 0.255 e. The normalized spacial score (nSPS) is 11.7. The molecule has 1 atom stereocenters. The number of carbonyl (C=O) groups is 1. The minimum Gasteiger partial charge on any atom is -0.492 e. The Morgan fingerprint density at radius 1 is 1.12 bits per heavy atom. The zero-order valence-electron chi connectivity index (χ0n) is 13.7. The van der Waals surface area contributed by atoms with Gasteiger partial charge in [-0.25, -0.2) is 0 Å². The molecule has 25 heavy (non-hydrogen) atoms. The topological polar surface area (TPSA) is 103 Å². The average Bonchev–Trinajstić information content (AvgIpc) is 3.12. The number of hydrogen-bond acceptors (Lipinski definition) is 7. The van der Waals surface area contributed by atoms with Crippen molar-refractivity contribution in [2.75, 3.05) is 32.9 Å². The molecule has 1 aromatic heterocycles. The maximum atomic E-state index is 10.6. The molecule has 1 heterocycles. The fourth-order valence-corrected chi connectivity index (χ4v) is 2.45. The molecule has 0 spiro atoms. The van der Waals surface area contributed by atoms with E-state index in [0.717, 1.165) is 5.75 Å². The predicted molar refractivity (Wildman–Crippen MR) is 95.3 cm³/mol. The molecule has 4 N–H and O–H groups in total. The lowest BCUT2D eigenvalue weighted by Gasteiger charge is -2.13. The molecule has 0 saturated carbocycles. The summed E-state index contributed by atoms with van der Waals surface area (Å²) in [6.45, 7) is 1.57.